The topological polar surface area (TPSA) is 95.6 Å². The fourth-order valence-corrected chi connectivity index (χ4v) is 5.00. The van der Waals surface area contributed by atoms with E-state index in [1.54, 1.807) is 0 Å². The van der Waals surface area contributed by atoms with Gasteiger partial charge in [0, 0.05) is 19.1 Å². The van der Waals surface area contributed by atoms with Crippen LogP contribution in [0.15, 0.2) is 23.1 Å². The van der Waals surface area contributed by atoms with Crippen molar-refractivity contribution < 1.29 is 21.2 Å². The van der Waals surface area contributed by atoms with Crippen LogP contribution in [0.25, 0.3) is 0 Å². The van der Waals surface area contributed by atoms with Crippen molar-refractivity contribution in [1.29, 1.82) is 0 Å². The molecule has 0 bridgehead atoms. The van der Waals surface area contributed by atoms with E-state index in [1.165, 1.54) is 10.4 Å². The van der Waals surface area contributed by atoms with Gasteiger partial charge in [-0.1, -0.05) is 6.92 Å². The van der Waals surface area contributed by atoms with Crippen LogP contribution in [0.3, 0.4) is 0 Å². The molecular formula is C14H23ClFN3O4S2. The molecule has 7 nitrogen and oxygen atoms in total. The Morgan fingerprint density at radius 1 is 1.32 bits per heavy atom. The molecule has 0 saturated carbocycles. The van der Waals surface area contributed by atoms with Gasteiger partial charge in [-0.25, -0.2) is 21.2 Å². The van der Waals surface area contributed by atoms with Crippen molar-refractivity contribution in [2.75, 3.05) is 30.6 Å². The van der Waals surface area contributed by atoms with Crippen LogP contribution in [-0.4, -0.2) is 53.1 Å². The Morgan fingerprint density at radius 2 is 2.00 bits per heavy atom. The second-order valence-corrected chi connectivity index (χ2v) is 9.42. The van der Waals surface area contributed by atoms with Gasteiger partial charge in [-0.3, -0.25) is 4.72 Å². The summed E-state index contributed by atoms with van der Waals surface area (Å²) in [5, 5.41) is 3.12. The molecule has 2 N–H and O–H groups in total. The average molecular weight is 416 g/mol. The molecule has 1 saturated heterocycles. The fourth-order valence-electron chi connectivity index (χ4n) is 2.68. The zero-order valence-corrected chi connectivity index (χ0v) is 16.5. The lowest BCUT2D eigenvalue weighted by atomic mass is 10.2. The van der Waals surface area contributed by atoms with E-state index in [9.17, 15) is 21.2 Å². The number of hydrogen-bond acceptors (Lipinski definition) is 5. The highest BCUT2D eigenvalue weighted by Gasteiger charge is 2.33. The average Bonchev–Trinajstić information content (AvgIpc) is 2.99. The van der Waals surface area contributed by atoms with Crippen molar-refractivity contribution in [1.82, 2.24) is 9.62 Å². The third-order valence-corrected chi connectivity index (χ3v) is 6.27. The Hall–Kier alpha value is -0.940. The van der Waals surface area contributed by atoms with E-state index in [0.717, 1.165) is 24.9 Å². The Bertz CT molecular complexity index is 796. The number of sulfonamides is 2. The molecule has 1 aromatic carbocycles. The maximum atomic E-state index is 14.1. The summed E-state index contributed by atoms with van der Waals surface area (Å²) in [5.74, 6) is -0.928. The molecule has 0 aliphatic carbocycles. The first-order chi connectivity index (χ1) is 11.1. The Labute approximate surface area is 154 Å². The Balaban J connectivity index is 0.00000312. The number of nitrogens with one attached hydrogen (secondary N) is 2. The minimum atomic E-state index is -3.85. The first kappa shape index (κ1) is 22.1. The second-order valence-electron chi connectivity index (χ2n) is 5.78. The SMILES string of the molecule is CCCN(C1CCNC1)S(=O)(=O)c1ccc(NS(C)(=O)=O)c(F)c1.Cl. The molecule has 25 heavy (non-hydrogen) atoms. The fraction of sp³-hybridized carbons (Fsp3) is 0.571. The summed E-state index contributed by atoms with van der Waals surface area (Å²) >= 11 is 0. The van der Waals surface area contributed by atoms with E-state index in [4.69, 9.17) is 0 Å². The largest absolute Gasteiger partial charge is 0.315 e. The van der Waals surface area contributed by atoms with Crippen LogP contribution in [-0.2, 0) is 20.0 Å². The normalized spacial score (nSPS) is 18.2. The number of nitrogens with zero attached hydrogens (tertiary/aromatic N) is 1. The molecule has 2 rings (SSSR count). The molecule has 1 heterocycles. The predicted octanol–water partition coefficient (Wildman–Crippen LogP) is 1.38. The van der Waals surface area contributed by atoms with Gasteiger partial charge in [0.15, 0.2) is 0 Å². The summed E-state index contributed by atoms with van der Waals surface area (Å²) < 4.78 is 65.6. The van der Waals surface area contributed by atoms with E-state index in [2.05, 4.69) is 5.32 Å². The molecule has 11 heteroatoms. The quantitative estimate of drug-likeness (QED) is 0.701. The van der Waals surface area contributed by atoms with E-state index < -0.39 is 25.9 Å². The third-order valence-electron chi connectivity index (χ3n) is 3.73. The Kier molecular flexibility index (Phi) is 7.63. The van der Waals surface area contributed by atoms with Gasteiger partial charge in [0.05, 0.1) is 16.8 Å². The highest BCUT2D eigenvalue weighted by atomic mass is 35.5. The van der Waals surface area contributed by atoms with Crippen molar-refractivity contribution >= 4 is 38.1 Å². The van der Waals surface area contributed by atoms with Crippen LogP contribution >= 0.6 is 12.4 Å². The second kappa shape index (κ2) is 8.63. The van der Waals surface area contributed by atoms with Gasteiger partial charge >= 0.3 is 0 Å². The van der Waals surface area contributed by atoms with E-state index in [0.29, 0.717) is 25.9 Å². The molecule has 144 valence electrons. The minimum Gasteiger partial charge on any atom is -0.315 e. The van der Waals surface area contributed by atoms with Crippen molar-refractivity contribution in [3.05, 3.63) is 24.0 Å². The molecule has 1 unspecified atom stereocenters. The summed E-state index contributed by atoms with van der Waals surface area (Å²) in [6.45, 7) is 3.53. The van der Waals surface area contributed by atoms with Gasteiger partial charge in [0.25, 0.3) is 0 Å². The summed E-state index contributed by atoms with van der Waals surface area (Å²) in [7, 11) is -7.50. The summed E-state index contributed by atoms with van der Waals surface area (Å²) in [6, 6.07) is 3.04. The van der Waals surface area contributed by atoms with E-state index >= 15 is 0 Å². The number of halogens is 2. The van der Waals surface area contributed by atoms with Gasteiger partial charge in [-0.2, -0.15) is 4.31 Å². The van der Waals surface area contributed by atoms with Crippen LogP contribution in [0, 0.1) is 5.82 Å². The molecule has 1 fully saturated rings. The minimum absolute atomic E-state index is 0. The standard InChI is InChI=1S/C14H22FN3O4S2.ClH/c1-3-8-18(11-6-7-16-10-11)24(21,22)12-4-5-14(13(15)9-12)17-23(2,19)20;/h4-5,9,11,16-17H,3,6-8,10H2,1-2H3;1H. The number of rotatable bonds is 7. The van der Waals surface area contributed by atoms with Crippen LogP contribution in [0.1, 0.15) is 19.8 Å². The molecule has 0 radical (unpaired) electrons. The number of hydrogen-bond donors (Lipinski definition) is 2. The number of benzene rings is 1. The van der Waals surface area contributed by atoms with Gasteiger partial charge in [-0.15, -0.1) is 12.4 Å². The van der Waals surface area contributed by atoms with Crippen LogP contribution in [0.2, 0.25) is 0 Å². The summed E-state index contributed by atoms with van der Waals surface area (Å²) in [4.78, 5) is -0.181. The van der Waals surface area contributed by atoms with Gasteiger partial charge in [-0.05, 0) is 37.6 Å². The summed E-state index contributed by atoms with van der Waals surface area (Å²) in [6.07, 6.45) is 2.24. The van der Waals surface area contributed by atoms with E-state index in [1.807, 2.05) is 11.6 Å². The highest BCUT2D eigenvalue weighted by molar-refractivity contribution is 7.92. The van der Waals surface area contributed by atoms with Crippen LogP contribution < -0.4 is 10.0 Å². The number of anilines is 1. The van der Waals surface area contributed by atoms with Gasteiger partial charge < -0.3 is 5.32 Å². The molecule has 1 aromatic rings. The smallest absolute Gasteiger partial charge is 0.243 e. The van der Waals surface area contributed by atoms with Crippen LogP contribution in [0.4, 0.5) is 10.1 Å². The first-order valence-corrected chi connectivity index (χ1v) is 11.0. The van der Waals surface area contributed by atoms with Crippen molar-refractivity contribution in [2.45, 2.75) is 30.7 Å². The van der Waals surface area contributed by atoms with Gasteiger partial charge in [0.2, 0.25) is 20.0 Å². The first-order valence-electron chi connectivity index (χ1n) is 7.65. The molecule has 1 atom stereocenters. The zero-order chi connectivity index (χ0) is 18.0. The zero-order valence-electron chi connectivity index (χ0n) is 14.0. The van der Waals surface area contributed by atoms with Crippen LogP contribution in [0.5, 0.6) is 0 Å². The Morgan fingerprint density at radius 3 is 2.48 bits per heavy atom. The molecule has 1 aliphatic rings. The van der Waals surface area contributed by atoms with Gasteiger partial charge in [0.1, 0.15) is 5.82 Å². The lowest BCUT2D eigenvalue weighted by molar-refractivity contribution is 0.335. The van der Waals surface area contributed by atoms with Crippen molar-refractivity contribution in [3.8, 4) is 0 Å². The molecule has 0 amide bonds. The predicted molar refractivity (Wildman–Crippen MR) is 97.6 cm³/mol. The maximum absolute atomic E-state index is 14.1. The molecule has 0 aromatic heterocycles. The van der Waals surface area contributed by atoms with Crippen molar-refractivity contribution in [2.24, 2.45) is 0 Å². The molecular weight excluding hydrogens is 393 g/mol. The lowest BCUT2D eigenvalue weighted by Crippen LogP contribution is -2.42. The van der Waals surface area contributed by atoms with E-state index in [-0.39, 0.29) is 29.0 Å². The summed E-state index contributed by atoms with van der Waals surface area (Å²) in [5.41, 5.74) is -0.277. The lowest BCUT2D eigenvalue weighted by Gasteiger charge is -2.27. The maximum Gasteiger partial charge on any atom is 0.243 e. The monoisotopic (exact) mass is 415 g/mol. The molecule has 0 spiro atoms. The third kappa shape index (κ3) is 5.52. The molecule has 1 aliphatic heterocycles. The highest BCUT2D eigenvalue weighted by Crippen LogP contribution is 2.25. The van der Waals surface area contributed by atoms with Crippen molar-refractivity contribution in [3.63, 3.8) is 0 Å².